The zero-order valence-electron chi connectivity index (χ0n) is 16.0. The van der Waals surface area contributed by atoms with Gasteiger partial charge >= 0.3 is 0 Å². The lowest BCUT2D eigenvalue weighted by Crippen LogP contribution is -2.58. The topological polar surface area (TPSA) is 82.8 Å². The molecule has 8 heteroatoms. The van der Waals surface area contributed by atoms with Crippen molar-refractivity contribution in [2.45, 2.75) is 46.1 Å². The Morgan fingerprint density at radius 3 is 2.69 bits per heavy atom. The van der Waals surface area contributed by atoms with Crippen LogP contribution in [0.15, 0.2) is 4.63 Å². The molecule has 2 amide bonds. The molecule has 2 fully saturated rings. The van der Waals surface area contributed by atoms with Gasteiger partial charge in [-0.25, -0.2) is 4.63 Å². The maximum Gasteiger partial charge on any atom is 0.278 e. The van der Waals surface area contributed by atoms with Crippen molar-refractivity contribution in [2.24, 2.45) is 5.92 Å². The summed E-state index contributed by atoms with van der Waals surface area (Å²) in [6.07, 6.45) is 2.25. The number of fused-ring (bicyclic) bond motifs is 1. The quantitative estimate of drug-likeness (QED) is 0.755. The number of hydrogen-bond donors (Lipinski definition) is 0. The van der Waals surface area contributed by atoms with Crippen LogP contribution in [0.5, 0.6) is 0 Å². The van der Waals surface area contributed by atoms with Gasteiger partial charge in [-0.05, 0) is 43.9 Å². The van der Waals surface area contributed by atoms with E-state index < -0.39 is 0 Å². The molecule has 1 aromatic heterocycles. The lowest BCUT2D eigenvalue weighted by molar-refractivity contribution is -0.140. The number of piperidine rings is 2. The Balaban J connectivity index is 1.64. The van der Waals surface area contributed by atoms with Gasteiger partial charge in [0.25, 0.3) is 5.91 Å². The largest absolute Gasteiger partial charge is 0.338 e. The molecule has 0 N–H and O–H groups in total. The zero-order chi connectivity index (χ0) is 18.7. The summed E-state index contributed by atoms with van der Waals surface area (Å²) in [6, 6.07) is 0.243. The Morgan fingerprint density at radius 2 is 2.04 bits per heavy atom. The smallest absolute Gasteiger partial charge is 0.278 e. The third-order valence-electron chi connectivity index (χ3n) is 5.84. The minimum Gasteiger partial charge on any atom is -0.338 e. The highest BCUT2D eigenvalue weighted by Crippen LogP contribution is 2.31. The summed E-state index contributed by atoms with van der Waals surface area (Å²) in [5, 5.41) is 7.44. The van der Waals surface area contributed by atoms with Gasteiger partial charge in [0.05, 0.1) is 0 Å². The van der Waals surface area contributed by atoms with Crippen LogP contribution in [0.2, 0.25) is 0 Å². The van der Waals surface area contributed by atoms with E-state index in [-0.39, 0.29) is 17.9 Å². The Bertz CT molecular complexity index is 643. The zero-order valence-corrected chi connectivity index (χ0v) is 16.0. The molecule has 0 saturated carbocycles. The van der Waals surface area contributed by atoms with Crippen molar-refractivity contribution in [3.05, 3.63) is 11.4 Å². The van der Waals surface area contributed by atoms with Crippen LogP contribution in [0.3, 0.4) is 0 Å². The SMILES string of the molecule is CCN(CC)CCN1C(=O)CC[C@@H]2CN(C(=O)c3nonc3C)CC[C@@H]21. The second kappa shape index (κ2) is 8.16. The molecule has 0 radical (unpaired) electrons. The van der Waals surface area contributed by atoms with Crippen molar-refractivity contribution < 1.29 is 14.2 Å². The van der Waals surface area contributed by atoms with Gasteiger partial charge in [0, 0.05) is 38.6 Å². The lowest BCUT2D eigenvalue weighted by atomic mass is 9.83. The van der Waals surface area contributed by atoms with E-state index in [2.05, 4.69) is 38.6 Å². The first-order valence-corrected chi connectivity index (χ1v) is 9.65. The van der Waals surface area contributed by atoms with Crippen molar-refractivity contribution in [1.29, 1.82) is 0 Å². The van der Waals surface area contributed by atoms with Crippen LogP contribution in [0.1, 0.15) is 49.3 Å². The van der Waals surface area contributed by atoms with Crippen LogP contribution in [0.4, 0.5) is 0 Å². The average molecular weight is 363 g/mol. The van der Waals surface area contributed by atoms with Gasteiger partial charge in [-0.15, -0.1) is 0 Å². The Kier molecular flexibility index (Phi) is 5.90. The van der Waals surface area contributed by atoms with Crippen molar-refractivity contribution in [1.82, 2.24) is 25.0 Å². The normalized spacial score (nSPS) is 23.5. The molecule has 2 aliphatic rings. The highest BCUT2D eigenvalue weighted by Gasteiger charge is 2.40. The summed E-state index contributed by atoms with van der Waals surface area (Å²) in [4.78, 5) is 31.4. The van der Waals surface area contributed by atoms with E-state index in [0.29, 0.717) is 36.8 Å². The first-order valence-electron chi connectivity index (χ1n) is 9.65. The fourth-order valence-electron chi connectivity index (χ4n) is 4.19. The molecule has 2 atom stereocenters. The predicted molar refractivity (Wildman–Crippen MR) is 95.6 cm³/mol. The van der Waals surface area contributed by atoms with Crippen molar-refractivity contribution in [2.75, 3.05) is 39.3 Å². The van der Waals surface area contributed by atoms with Crippen molar-refractivity contribution in [3.63, 3.8) is 0 Å². The minimum absolute atomic E-state index is 0.117. The van der Waals surface area contributed by atoms with E-state index in [1.54, 1.807) is 6.92 Å². The van der Waals surface area contributed by atoms with Gasteiger partial charge in [-0.1, -0.05) is 19.0 Å². The number of likely N-dealkylation sites (N-methyl/N-ethyl adjacent to an activating group) is 1. The number of amides is 2. The van der Waals surface area contributed by atoms with E-state index in [1.807, 2.05) is 4.90 Å². The molecule has 0 spiro atoms. The molecule has 0 aromatic carbocycles. The molecule has 26 heavy (non-hydrogen) atoms. The van der Waals surface area contributed by atoms with E-state index in [9.17, 15) is 9.59 Å². The first kappa shape index (κ1) is 18.8. The number of rotatable bonds is 6. The third kappa shape index (κ3) is 3.75. The molecule has 0 bridgehead atoms. The standard InChI is InChI=1S/C18H29N5O3/c1-4-21(5-2)10-11-23-15-8-9-22(12-14(15)6-7-16(23)24)18(25)17-13(3)19-26-20-17/h14-15H,4-12H2,1-3H3/t14-,15+/m1/s1. The number of carbonyl (C=O) groups excluding carboxylic acids is 2. The monoisotopic (exact) mass is 363 g/mol. The second-order valence-corrected chi connectivity index (χ2v) is 7.22. The number of aromatic nitrogens is 2. The van der Waals surface area contributed by atoms with E-state index in [0.717, 1.165) is 39.0 Å². The van der Waals surface area contributed by atoms with Gasteiger partial charge < -0.3 is 14.7 Å². The van der Waals surface area contributed by atoms with Gasteiger partial charge in [-0.3, -0.25) is 9.59 Å². The molecule has 0 unspecified atom stereocenters. The number of carbonyl (C=O) groups is 2. The molecule has 8 nitrogen and oxygen atoms in total. The van der Waals surface area contributed by atoms with Crippen molar-refractivity contribution in [3.8, 4) is 0 Å². The molecule has 144 valence electrons. The Labute approximate surface area is 154 Å². The molecular weight excluding hydrogens is 334 g/mol. The predicted octanol–water partition coefficient (Wildman–Crippen LogP) is 1.17. The molecule has 3 heterocycles. The summed E-state index contributed by atoms with van der Waals surface area (Å²) >= 11 is 0. The minimum atomic E-state index is -0.117. The fraction of sp³-hybridized carbons (Fsp3) is 0.778. The number of likely N-dealkylation sites (tertiary alicyclic amines) is 2. The van der Waals surface area contributed by atoms with Crippen LogP contribution in [-0.4, -0.2) is 82.1 Å². The lowest BCUT2D eigenvalue weighted by Gasteiger charge is -2.47. The van der Waals surface area contributed by atoms with Crippen LogP contribution >= 0.6 is 0 Å². The van der Waals surface area contributed by atoms with E-state index >= 15 is 0 Å². The summed E-state index contributed by atoms with van der Waals surface area (Å²) in [6.45, 7) is 11.0. The summed E-state index contributed by atoms with van der Waals surface area (Å²) < 4.78 is 4.67. The molecule has 2 saturated heterocycles. The summed E-state index contributed by atoms with van der Waals surface area (Å²) in [5.74, 6) is 0.478. The molecule has 2 aliphatic heterocycles. The third-order valence-corrected chi connectivity index (χ3v) is 5.84. The maximum atomic E-state index is 12.7. The van der Waals surface area contributed by atoms with Crippen LogP contribution in [0.25, 0.3) is 0 Å². The van der Waals surface area contributed by atoms with Gasteiger partial charge in [0.1, 0.15) is 5.69 Å². The molecule has 1 aromatic rings. The van der Waals surface area contributed by atoms with Crippen LogP contribution in [0, 0.1) is 12.8 Å². The highest BCUT2D eigenvalue weighted by molar-refractivity contribution is 5.93. The first-order chi connectivity index (χ1) is 12.5. The fourth-order valence-corrected chi connectivity index (χ4v) is 4.19. The summed E-state index contributed by atoms with van der Waals surface area (Å²) in [7, 11) is 0. The molecular formula is C18H29N5O3. The van der Waals surface area contributed by atoms with E-state index in [1.165, 1.54) is 0 Å². The van der Waals surface area contributed by atoms with E-state index in [4.69, 9.17) is 0 Å². The Hall–Kier alpha value is -1.96. The van der Waals surface area contributed by atoms with Gasteiger partial charge in [-0.2, -0.15) is 0 Å². The number of aryl methyl sites for hydroxylation is 1. The average Bonchev–Trinajstić information content (AvgIpc) is 3.09. The highest BCUT2D eigenvalue weighted by atomic mass is 16.6. The molecule has 3 rings (SSSR count). The van der Waals surface area contributed by atoms with Crippen LogP contribution in [-0.2, 0) is 4.79 Å². The Morgan fingerprint density at radius 1 is 1.27 bits per heavy atom. The van der Waals surface area contributed by atoms with Gasteiger partial charge in [0.2, 0.25) is 5.91 Å². The maximum absolute atomic E-state index is 12.7. The summed E-state index contributed by atoms with van der Waals surface area (Å²) in [5.41, 5.74) is 0.825. The number of nitrogens with zero attached hydrogens (tertiary/aromatic N) is 5. The van der Waals surface area contributed by atoms with Gasteiger partial charge in [0.15, 0.2) is 5.69 Å². The molecule has 0 aliphatic carbocycles. The number of hydrogen-bond acceptors (Lipinski definition) is 6. The second-order valence-electron chi connectivity index (χ2n) is 7.22. The van der Waals surface area contributed by atoms with Crippen molar-refractivity contribution >= 4 is 11.8 Å². The van der Waals surface area contributed by atoms with Crippen LogP contribution < -0.4 is 0 Å².